The van der Waals surface area contributed by atoms with Gasteiger partial charge in [0.25, 0.3) is 0 Å². The number of carbonyl (C=O) groups is 3. The molecule has 0 aliphatic heterocycles. The zero-order valence-electron chi connectivity index (χ0n) is 17.8. The molecule has 2 aromatic carbocycles. The number of halogens is 7. The van der Waals surface area contributed by atoms with Gasteiger partial charge in [-0.15, -0.1) is 0 Å². The number of amides is 3. The Labute approximate surface area is 198 Å². The monoisotopic (exact) mass is 516 g/mol. The van der Waals surface area contributed by atoms with Crippen LogP contribution >= 0.6 is 0 Å². The molecule has 1 aliphatic rings. The molecule has 13 heteroatoms. The summed E-state index contributed by atoms with van der Waals surface area (Å²) in [6.07, 6.45) is -6.64. The molecule has 3 rings (SSSR count). The van der Waals surface area contributed by atoms with Crippen molar-refractivity contribution < 1.29 is 49.9 Å². The number of imide groups is 1. The van der Waals surface area contributed by atoms with Crippen molar-refractivity contribution in [2.45, 2.75) is 19.0 Å². The summed E-state index contributed by atoms with van der Waals surface area (Å²) in [7, 11) is 0. The Hall–Kier alpha value is -4.16. The Bertz CT molecular complexity index is 1270. The first-order valence-electron chi connectivity index (χ1n) is 9.91. The number of ketones is 1. The van der Waals surface area contributed by atoms with E-state index in [1.54, 1.807) is 5.32 Å². The average molecular weight is 516 g/mol. The topological polar surface area (TPSA) is 98.5 Å². The highest BCUT2D eigenvalue weighted by Gasteiger charge is 2.48. The number of carbonyl (C=O) groups excluding carboxylic acids is 3. The number of hydrogen-bond donors (Lipinski definition) is 2. The molecule has 3 amide bonds. The Kier molecular flexibility index (Phi) is 7.22. The maximum absolute atomic E-state index is 14.8. The molecule has 36 heavy (non-hydrogen) atoms. The molecule has 1 aliphatic carbocycles. The number of nitrogens with two attached hydrogens (primary N) is 1. The molecule has 6 nitrogen and oxygen atoms in total. The van der Waals surface area contributed by atoms with Gasteiger partial charge in [-0.25, -0.2) is 18.0 Å². The quantitative estimate of drug-likeness (QED) is 0.315. The van der Waals surface area contributed by atoms with E-state index < -0.39 is 70.9 Å². The highest BCUT2D eigenvalue weighted by molar-refractivity contribution is 6.19. The molecule has 0 bridgehead atoms. The number of Topliss-reactive ketones (excluding diaryl/α,β-unsaturated/α-hetero) is 1. The Balaban J connectivity index is 2.04. The first-order valence-corrected chi connectivity index (χ1v) is 9.91. The lowest BCUT2D eigenvalue weighted by Crippen LogP contribution is -2.50. The predicted molar refractivity (Wildman–Crippen MR) is 111 cm³/mol. The molecule has 0 heterocycles. The number of urea groups is 1. The number of hydrogen-bond acceptors (Lipinski definition) is 4. The number of primary amides is 1. The van der Waals surface area contributed by atoms with Gasteiger partial charge in [0.05, 0.1) is 5.56 Å². The van der Waals surface area contributed by atoms with E-state index in [0.29, 0.717) is 6.07 Å². The highest BCUT2D eigenvalue weighted by Crippen LogP contribution is 2.41. The van der Waals surface area contributed by atoms with Crippen molar-refractivity contribution >= 4 is 23.3 Å². The SMILES string of the molecule is NC(=O)NC(=O)C1(C(=O)c2c(F)cccc2F)C=CC=C(c2ccc(OC(F)(F)C(F)F)cc2F)C1. The van der Waals surface area contributed by atoms with E-state index in [4.69, 9.17) is 5.73 Å². The van der Waals surface area contributed by atoms with E-state index >= 15 is 0 Å². The number of alkyl halides is 4. The van der Waals surface area contributed by atoms with Gasteiger partial charge in [0.1, 0.15) is 28.6 Å². The number of allylic oxidation sites excluding steroid dienone is 3. The van der Waals surface area contributed by atoms with Crippen molar-refractivity contribution in [1.82, 2.24) is 5.32 Å². The molecule has 0 aromatic heterocycles. The maximum atomic E-state index is 14.8. The van der Waals surface area contributed by atoms with E-state index in [9.17, 15) is 45.1 Å². The van der Waals surface area contributed by atoms with Crippen LogP contribution < -0.4 is 15.8 Å². The van der Waals surface area contributed by atoms with Gasteiger partial charge >= 0.3 is 18.6 Å². The van der Waals surface area contributed by atoms with Crippen LogP contribution in [-0.2, 0) is 4.79 Å². The van der Waals surface area contributed by atoms with E-state index in [1.807, 2.05) is 0 Å². The van der Waals surface area contributed by atoms with Gasteiger partial charge in [-0.2, -0.15) is 17.6 Å². The van der Waals surface area contributed by atoms with E-state index in [2.05, 4.69) is 4.74 Å². The molecule has 0 radical (unpaired) electrons. The van der Waals surface area contributed by atoms with Gasteiger partial charge in [0.2, 0.25) is 5.91 Å². The molecular formula is C23H15F7N2O4. The molecule has 0 spiro atoms. The predicted octanol–water partition coefficient (Wildman–Crippen LogP) is 4.75. The van der Waals surface area contributed by atoms with E-state index in [-0.39, 0.29) is 11.1 Å². The van der Waals surface area contributed by atoms with Crippen molar-refractivity contribution in [1.29, 1.82) is 0 Å². The van der Waals surface area contributed by atoms with Crippen LogP contribution in [0.25, 0.3) is 5.57 Å². The van der Waals surface area contributed by atoms with Crippen LogP contribution in [0, 0.1) is 22.9 Å². The second kappa shape index (κ2) is 9.84. The van der Waals surface area contributed by atoms with Gasteiger partial charge in [-0.3, -0.25) is 14.9 Å². The molecule has 0 fully saturated rings. The van der Waals surface area contributed by atoms with Crippen molar-refractivity contribution in [2.75, 3.05) is 0 Å². The Morgan fingerprint density at radius 3 is 2.22 bits per heavy atom. The molecule has 1 atom stereocenters. The summed E-state index contributed by atoms with van der Waals surface area (Å²) in [5.74, 6) is -7.65. The third-order valence-electron chi connectivity index (χ3n) is 5.18. The minimum Gasteiger partial charge on any atom is -0.428 e. The van der Waals surface area contributed by atoms with Crippen LogP contribution in [0.3, 0.4) is 0 Å². The van der Waals surface area contributed by atoms with Gasteiger partial charge < -0.3 is 10.5 Å². The number of benzene rings is 2. The van der Waals surface area contributed by atoms with Crippen LogP contribution in [0.15, 0.2) is 54.6 Å². The molecule has 2 aromatic rings. The third kappa shape index (κ3) is 5.09. The highest BCUT2D eigenvalue weighted by atomic mass is 19.3. The lowest BCUT2D eigenvalue weighted by Gasteiger charge is -2.31. The van der Waals surface area contributed by atoms with Crippen LogP contribution in [-0.4, -0.2) is 30.3 Å². The minimum absolute atomic E-state index is 0.146. The summed E-state index contributed by atoms with van der Waals surface area (Å²) in [5.41, 5.74) is 0.838. The smallest absolute Gasteiger partial charge is 0.428 e. The zero-order chi connectivity index (χ0) is 26.8. The summed E-state index contributed by atoms with van der Waals surface area (Å²) in [6, 6.07) is 3.04. The molecule has 0 saturated heterocycles. The summed E-state index contributed by atoms with van der Waals surface area (Å²) in [6.45, 7) is 0. The standard InChI is InChI=1S/C23H15F7N2O4/c24-14-4-1-5-15(25)17(14)18(33)22(20(34)32-21(31)35)8-2-3-11(10-22)13-7-6-12(9-16(13)26)36-23(29,30)19(27)28/h1-9,19H,10H2,(H3,31,32,34,35). The molecule has 0 saturated carbocycles. The molecule has 3 N–H and O–H groups in total. The van der Waals surface area contributed by atoms with Crippen molar-refractivity contribution in [3.05, 3.63) is 83.2 Å². The van der Waals surface area contributed by atoms with Gasteiger partial charge in [-0.1, -0.05) is 24.3 Å². The van der Waals surface area contributed by atoms with E-state index in [1.165, 1.54) is 6.08 Å². The lowest BCUT2D eigenvalue weighted by atomic mass is 9.71. The Morgan fingerprint density at radius 1 is 1.03 bits per heavy atom. The summed E-state index contributed by atoms with van der Waals surface area (Å²) < 4.78 is 98.3. The Morgan fingerprint density at radius 2 is 1.67 bits per heavy atom. The van der Waals surface area contributed by atoms with Crippen molar-refractivity contribution in [3.63, 3.8) is 0 Å². The molecular weight excluding hydrogens is 501 g/mol. The van der Waals surface area contributed by atoms with Gasteiger partial charge in [-0.05, 0) is 36.3 Å². The van der Waals surface area contributed by atoms with Crippen LogP contribution in [0.5, 0.6) is 5.75 Å². The van der Waals surface area contributed by atoms with Crippen LogP contribution in [0.2, 0.25) is 0 Å². The van der Waals surface area contributed by atoms with Crippen molar-refractivity contribution in [2.24, 2.45) is 11.1 Å². The van der Waals surface area contributed by atoms with Gasteiger partial charge in [0, 0.05) is 11.6 Å². The first-order chi connectivity index (χ1) is 16.8. The number of nitrogens with one attached hydrogen (secondary N) is 1. The summed E-state index contributed by atoms with van der Waals surface area (Å²) >= 11 is 0. The fraction of sp³-hybridized carbons (Fsp3) is 0.174. The fourth-order valence-corrected chi connectivity index (χ4v) is 3.53. The number of rotatable bonds is 7. The molecule has 1 unspecified atom stereocenters. The summed E-state index contributed by atoms with van der Waals surface area (Å²) in [5, 5.41) is 1.66. The van der Waals surface area contributed by atoms with E-state index in [0.717, 1.165) is 42.5 Å². The lowest BCUT2D eigenvalue weighted by molar-refractivity contribution is -0.253. The largest absolute Gasteiger partial charge is 0.461 e. The molecule has 190 valence electrons. The second-order valence-electron chi connectivity index (χ2n) is 7.55. The third-order valence-corrected chi connectivity index (χ3v) is 5.18. The zero-order valence-corrected chi connectivity index (χ0v) is 17.8. The average Bonchev–Trinajstić information content (AvgIpc) is 2.78. The minimum atomic E-state index is -4.90. The van der Waals surface area contributed by atoms with Crippen LogP contribution in [0.4, 0.5) is 35.5 Å². The van der Waals surface area contributed by atoms with Gasteiger partial charge in [0.15, 0.2) is 5.78 Å². The van der Waals surface area contributed by atoms with Crippen molar-refractivity contribution in [3.8, 4) is 5.75 Å². The normalized spacial score (nSPS) is 17.5. The number of ether oxygens (including phenoxy) is 1. The first kappa shape index (κ1) is 26.4. The van der Waals surface area contributed by atoms with Crippen LogP contribution in [0.1, 0.15) is 22.3 Å². The fourth-order valence-electron chi connectivity index (χ4n) is 3.53. The maximum Gasteiger partial charge on any atom is 0.461 e. The summed E-state index contributed by atoms with van der Waals surface area (Å²) in [4.78, 5) is 37.5. The second-order valence-corrected chi connectivity index (χ2v) is 7.55.